The Morgan fingerprint density at radius 2 is 1.56 bits per heavy atom. The Hall–Kier alpha value is -3.56. The molecule has 9 heteroatoms. The van der Waals surface area contributed by atoms with Gasteiger partial charge in [0.1, 0.15) is 18.1 Å². The van der Waals surface area contributed by atoms with Gasteiger partial charge in [0.2, 0.25) is 10.0 Å². The Bertz CT molecular complexity index is 1650. The van der Waals surface area contributed by atoms with Gasteiger partial charge in [0, 0.05) is 28.9 Å². The Morgan fingerprint density at radius 1 is 0.897 bits per heavy atom. The number of aromatic amines is 1. The molecule has 0 bridgehead atoms. The topological polar surface area (TPSA) is 94.7 Å². The van der Waals surface area contributed by atoms with Gasteiger partial charge in [-0.2, -0.15) is 0 Å². The summed E-state index contributed by atoms with van der Waals surface area (Å²) in [5.41, 5.74) is 2.82. The zero-order valence-corrected chi connectivity index (χ0v) is 23.4. The number of nitrogens with zero attached hydrogens (tertiary/aromatic N) is 1. The van der Waals surface area contributed by atoms with Crippen LogP contribution in [-0.2, 0) is 22.3 Å². The van der Waals surface area contributed by atoms with Crippen molar-refractivity contribution < 1.29 is 18.3 Å². The lowest BCUT2D eigenvalue weighted by atomic mass is 10.0. The lowest BCUT2D eigenvalue weighted by Crippen LogP contribution is -2.41. The second-order valence-corrected chi connectivity index (χ2v) is 11.4. The summed E-state index contributed by atoms with van der Waals surface area (Å²) in [4.78, 5) is 3.41. The first-order valence-electron chi connectivity index (χ1n) is 12.4. The van der Waals surface area contributed by atoms with Gasteiger partial charge in [0.05, 0.1) is 24.0 Å². The first kappa shape index (κ1) is 28.4. The average Bonchev–Trinajstić information content (AvgIpc) is 3.28. The third-order valence-electron chi connectivity index (χ3n) is 6.60. The van der Waals surface area contributed by atoms with Gasteiger partial charge in [-0.15, -0.1) is 12.4 Å². The molecule has 1 atom stereocenters. The summed E-state index contributed by atoms with van der Waals surface area (Å²) in [7, 11) is -3.49. The van der Waals surface area contributed by atoms with Crippen molar-refractivity contribution in [3.63, 3.8) is 0 Å². The molecule has 4 aromatic carbocycles. The highest BCUT2D eigenvalue weighted by atomic mass is 35.5. The summed E-state index contributed by atoms with van der Waals surface area (Å²) in [6, 6.07) is 30.5. The van der Waals surface area contributed by atoms with Crippen molar-refractivity contribution in [2.75, 3.05) is 23.7 Å². The minimum atomic E-state index is -3.49. The first-order valence-corrected chi connectivity index (χ1v) is 14.3. The Balaban J connectivity index is 0.00000353. The third kappa shape index (κ3) is 6.54. The van der Waals surface area contributed by atoms with E-state index in [2.05, 4.69) is 22.4 Å². The minimum absolute atomic E-state index is 0. The molecule has 0 saturated carbocycles. The number of fused-ring (bicyclic) bond motifs is 3. The van der Waals surface area contributed by atoms with Gasteiger partial charge in [-0.25, -0.2) is 8.42 Å². The van der Waals surface area contributed by atoms with Crippen LogP contribution in [0.2, 0.25) is 0 Å². The molecule has 5 rings (SSSR count). The lowest BCUT2D eigenvalue weighted by molar-refractivity contribution is 0.0169. The Labute approximate surface area is 234 Å². The maximum absolute atomic E-state index is 12.5. The fourth-order valence-corrected chi connectivity index (χ4v) is 5.48. The molecule has 0 aliphatic carbocycles. The number of para-hydroxylation sites is 1. The molecule has 5 aromatic rings. The van der Waals surface area contributed by atoms with E-state index >= 15 is 0 Å². The zero-order chi connectivity index (χ0) is 26.8. The fraction of sp³-hybridized carbons (Fsp3) is 0.200. The second kappa shape index (κ2) is 11.7. The molecule has 0 spiro atoms. The van der Waals surface area contributed by atoms with Gasteiger partial charge in [-0.05, 0) is 48.4 Å². The standard InChI is InChI=1S/C30H31N3O4S.ClH/c1-30(34,23-12-14-24(15-13-23)33(38(2,35)36)21-22-8-4-3-5-9-22)31-18-19-37-25-16-17-27-26-10-6-7-11-28(26)32-29(27)20-25;/h3-17,20,31-32,34H,18-19,21H2,1-2H3;1H/t30-;/m1./s1. The van der Waals surface area contributed by atoms with E-state index in [0.29, 0.717) is 24.4 Å². The van der Waals surface area contributed by atoms with Crippen LogP contribution in [0.1, 0.15) is 18.1 Å². The van der Waals surface area contributed by atoms with E-state index in [1.54, 1.807) is 31.2 Å². The van der Waals surface area contributed by atoms with Crippen molar-refractivity contribution in [2.24, 2.45) is 0 Å². The highest BCUT2D eigenvalue weighted by molar-refractivity contribution is 7.92. The van der Waals surface area contributed by atoms with E-state index in [9.17, 15) is 13.5 Å². The van der Waals surface area contributed by atoms with Gasteiger partial charge < -0.3 is 14.8 Å². The largest absolute Gasteiger partial charge is 0.492 e. The molecule has 7 nitrogen and oxygen atoms in total. The van der Waals surface area contributed by atoms with Crippen molar-refractivity contribution >= 4 is 49.9 Å². The molecule has 0 amide bonds. The van der Waals surface area contributed by atoms with Gasteiger partial charge in [-0.1, -0.05) is 60.7 Å². The van der Waals surface area contributed by atoms with E-state index in [-0.39, 0.29) is 19.0 Å². The van der Waals surface area contributed by atoms with Crippen molar-refractivity contribution in [3.8, 4) is 5.75 Å². The highest BCUT2D eigenvalue weighted by Crippen LogP contribution is 2.28. The Morgan fingerprint density at radius 3 is 2.28 bits per heavy atom. The second-order valence-electron chi connectivity index (χ2n) is 9.53. The molecule has 1 heterocycles. The summed E-state index contributed by atoms with van der Waals surface area (Å²) in [5, 5.41) is 16.5. The van der Waals surface area contributed by atoms with E-state index in [4.69, 9.17) is 4.74 Å². The van der Waals surface area contributed by atoms with Crippen LogP contribution in [0.25, 0.3) is 21.8 Å². The number of aliphatic hydroxyl groups is 1. The van der Waals surface area contributed by atoms with Crippen LogP contribution < -0.4 is 14.4 Å². The smallest absolute Gasteiger partial charge is 0.232 e. The van der Waals surface area contributed by atoms with Crippen molar-refractivity contribution in [1.29, 1.82) is 0 Å². The molecular formula is C30H32ClN3O4S. The summed E-state index contributed by atoms with van der Waals surface area (Å²) >= 11 is 0. The maximum atomic E-state index is 12.5. The third-order valence-corrected chi connectivity index (χ3v) is 7.74. The van der Waals surface area contributed by atoms with Crippen molar-refractivity contribution in [3.05, 3.63) is 108 Å². The minimum Gasteiger partial charge on any atom is -0.492 e. The summed E-state index contributed by atoms with van der Waals surface area (Å²) in [6.45, 7) is 2.66. The van der Waals surface area contributed by atoms with Gasteiger partial charge >= 0.3 is 0 Å². The number of hydrogen-bond donors (Lipinski definition) is 3. The number of hydrogen-bond acceptors (Lipinski definition) is 5. The van der Waals surface area contributed by atoms with E-state index in [1.807, 2.05) is 60.7 Å². The summed E-state index contributed by atoms with van der Waals surface area (Å²) < 4.78 is 32.2. The van der Waals surface area contributed by atoms with Crippen molar-refractivity contribution in [2.45, 2.75) is 19.2 Å². The van der Waals surface area contributed by atoms with E-state index in [1.165, 1.54) is 15.9 Å². The zero-order valence-electron chi connectivity index (χ0n) is 21.8. The molecule has 1 aromatic heterocycles. The highest BCUT2D eigenvalue weighted by Gasteiger charge is 2.24. The predicted molar refractivity (Wildman–Crippen MR) is 160 cm³/mol. The molecule has 0 saturated heterocycles. The number of aromatic nitrogens is 1. The predicted octanol–water partition coefficient (Wildman–Crippen LogP) is 5.54. The summed E-state index contributed by atoms with van der Waals surface area (Å²) in [6.07, 6.45) is 1.19. The fourth-order valence-electron chi connectivity index (χ4n) is 4.59. The molecule has 0 fully saturated rings. The molecule has 39 heavy (non-hydrogen) atoms. The van der Waals surface area contributed by atoms with Crippen LogP contribution in [-0.4, -0.2) is 37.9 Å². The molecule has 0 aliphatic rings. The number of rotatable bonds is 10. The van der Waals surface area contributed by atoms with Crippen LogP contribution >= 0.6 is 12.4 Å². The average molecular weight is 566 g/mol. The van der Waals surface area contributed by atoms with E-state index < -0.39 is 15.7 Å². The molecule has 3 N–H and O–H groups in total. The van der Waals surface area contributed by atoms with Crippen molar-refractivity contribution in [1.82, 2.24) is 10.3 Å². The van der Waals surface area contributed by atoms with Crippen LogP contribution in [0, 0.1) is 0 Å². The number of sulfonamides is 1. The van der Waals surface area contributed by atoms with Crippen LogP contribution in [0.5, 0.6) is 5.75 Å². The quantitative estimate of drug-likeness (QED) is 0.153. The van der Waals surface area contributed by atoms with Gasteiger partial charge in [-0.3, -0.25) is 9.62 Å². The molecular weight excluding hydrogens is 534 g/mol. The maximum Gasteiger partial charge on any atom is 0.232 e. The van der Waals surface area contributed by atoms with Crippen LogP contribution in [0.4, 0.5) is 5.69 Å². The molecule has 204 valence electrons. The monoisotopic (exact) mass is 565 g/mol. The van der Waals surface area contributed by atoms with Crippen LogP contribution in [0.3, 0.4) is 0 Å². The first-order chi connectivity index (χ1) is 18.2. The lowest BCUT2D eigenvalue weighted by Gasteiger charge is -2.27. The van der Waals surface area contributed by atoms with E-state index in [0.717, 1.165) is 27.7 Å². The number of H-pyrrole nitrogens is 1. The Kier molecular flexibility index (Phi) is 8.51. The summed E-state index contributed by atoms with van der Waals surface area (Å²) in [5.74, 6) is 0.745. The molecule has 0 radical (unpaired) electrons. The normalized spacial score (nSPS) is 13.1. The number of nitrogens with one attached hydrogen (secondary N) is 2. The van der Waals surface area contributed by atoms with Crippen LogP contribution in [0.15, 0.2) is 97.1 Å². The number of ether oxygens (including phenoxy) is 1. The number of benzene rings is 4. The molecule has 0 aliphatic heterocycles. The number of anilines is 1. The van der Waals surface area contributed by atoms with Gasteiger partial charge in [0.15, 0.2) is 0 Å². The number of halogens is 1. The SMILES string of the molecule is C[C@](O)(NCCOc1ccc2c(c1)[nH]c1ccccc12)c1ccc(N(Cc2ccccc2)S(C)(=O)=O)cc1.Cl. The molecule has 0 unspecified atom stereocenters. The van der Waals surface area contributed by atoms with Gasteiger partial charge in [0.25, 0.3) is 0 Å².